The van der Waals surface area contributed by atoms with E-state index < -0.39 is 0 Å². The van der Waals surface area contributed by atoms with Crippen LogP contribution in [-0.4, -0.2) is 29.3 Å². The first kappa shape index (κ1) is 15.5. The number of hydrogen-bond acceptors (Lipinski definition) is 6. The number of nitrogens with zero attached hydrogens (tertiary/aromatic N) is 2. The molecule has 122 valence electrons. The van der Waals surface area contributed by atoms with E-state index in [4.69, 9.17) is 9.26 Å². The van der Waals surface area contributed by atoms with Crippen molar-refractivity contribution in [2.45, 2.75) is 32.7 Å². The molecule has 0 bridgehead atoms. The first-order valence-electron chi connectivity index (χ1n) is 7.62. The van der Waals surface area contributed by atoms with E-state index in [0.717, 1.165) is 29.7 Å². The quantitative estimate of drug-likeness (QED) is 0.686. The summed E-state index contributed by atoms with van der Waals surface area (Å²) in [6, 6.07) is 5.40. The lowest BCUT2D eigenvalue weighted by Crippen LogP contribution is -2.28. The van der Waals surface area contributed by atoms with Crippen molar-refractivity contribution in [3.05, 3.63) is 39.8 Å². The largest absolute Gasteiger partial charge is 0.381 e. The van der Waals surface area contributed by atoms with E-state index in [9.17, 15) is 10.1 Å². The highest BCUT2D eigenvalue weighted by atomic mass is 16.6. The maximum Gasteiger partial charge on any atom is 0.292 e. The van der Waals surface area contributed by atoms with Gasteiger partial charge in [0.25, 0.3) is 5.69 Å². The van der Waals surface area contributed by atoms with Crippen LogP contribution in [-0.2, 0) is 4.74 Å². The molecule has 0 saturated carbocycles. The fourth-order valence-electron chi connectivity index (χ4n) is 2.92. The molecule has 1 N–H and O–H groups in total. The third-order valence-electron chi connectivity index (χ3n) is 4.10. The molecule has 1 fully saturated rings. The van der Waals surface area contributed by atoms with Crippen LogP contribution in [0.2, 0.25) is 0 Å². The second-order valence-corrected chi connectivity index (χ2v) is 5.72. The van der Waals surface area contributed by atoms with Crippen molar-refractivity contribution in [1.29, 1.82) is 0 Å². The summed E-state index contributed by atoms with van der Waals surface area (Å²) in [5.41, 5.74) is 2.88. The first-order chi connectivity index (χ1) is 11.1. The zero-order chi connectivity index (χ0) is 16.4. The molecule has 1 saturated heterocycles. The molecule has 23 heavy (non-hydrogen) atoms. The lowest BCUT2D eigenvalue weighted by Gasteiger charge is -2.24. The maximum absolute atomic E-state index is 11.5. The second-order valence-electron chi connectivity index (χ2n) is 5.72. The number of aromatic nitrogens is 1. The molecule has 0 atom stereocenters. The van der Waals surface area contributed by atoms with Crippen LogP contribution in [0.15, 0.2) is 22.7 Å². The predicted molar refractivity (Wildman–Crippen MR) is 85.5 cm³/mol. The molecule has 2 aromatic rings. The van der Waals surface area contributed by atoms with Gasteiger partial charge in [-0.05, 0) is 38.3 Å². The molecular formula is C16H19N3O4. The molecule has 1 aliphatic rings. The van der Waals surface area contributed by atoms with E-state index in [2.05, 4.69) is 10.5 Å². The Bertz CT molecular complexity index is 701. The van der Waals surface area contributed by atoms with Gasteiger partial charge in [0.1, 0.15) is 11.4 Å². The van der Waals surface area contributed by atoms with Gasteiger partial charge in [0.15, 0.2) is 0 Å². The lowest BCUT2D eigenvalue weighted by atomic mass is 10.0. The van der Waals surface area contributed by atoms with Gasteiger partial charge in [-0.25, -0.2) is 0 Å². The fraction of sp³-hybridized carbons (Fsp3) is 0.438. The second kappa shape index (κ2) is 6.37. The van der Waals surface area contributed by atoms with Gasteiger partial charge in [-0.2, -0.15) is 0 Å². The smallest absolute Gasteiger partial charge is 0.292 e. The average Bonchev–Trinajstić information content (AvgIpc) is 2.88. The summed E-state index contributed by atoms with van der Waals surface area (Å²) in [5, 5.41) is 18.6. The number of ether oxygens (including phenoxy) is 1. The highest BCUT2D eigenvalue weighted by Crippen LogP contribution is 2.34. The Morgan fingerprint density at radius 3 is 2.65 bits per heavy atom. The van der Waals surface area contributed by atoms with E-state index in [0.29, 0.717) is 24.7 Å². The molecule has 1 aromatic carbocycles. The van der Waals surface area contributed by atoms with Crippen LogP contribution in [0.3, 0.4) is 0 Å². The SMILES string of the molecule is Cc1noc(C)c1-c1ccc(NC2CCOCC2)c([N+](=O)[O-])c1. The molecule has 3 rings (SSSR count). The summed E-state index contributed by atoms with van der Waals surface area (Å²) < 4.78 is 10.5. The molecular weight excluding hydrogens is 298 g/mol. The van der Waals surface area contributed by atoms with Gasteiger partial charge in [0.2, 0.25) is 0 Å². The van der Waals surface area contributed by atoms with E-state index in [1.54, 1.807) is 19.1 Å². The van der Waals surface area contributed by atoms with Gasteiger partial charge in [-0.3, -0.25) is 10.1 Å². The molecule has 2 heterocycles. The summed E-state index contributed by atoms with van der Waals surface area (Å²) in [6.45, 7) is 4.99. The number of hydrogen-bond donors (Lipinski definition) is 1. The van der Waals surface area contributed by atoms with E-state index >= 15 is 0 Å². The highest BCUT2D eigenvalue weighted by molar-refractivity contribution is 5.75. The van der Waals surface area contributed by atoms with Crippen molar-refractivity contribution in [1.82, 2.24) is 5.16 Å². The predicted octanol–water partition coefficient (Wildman–Crippen LogP) is 3.46. The van der Waals surface area contributed by atoms with Crippen molar-refractivity contribution in [2.24, 2.45) is 0 Å². The molecule has 1 aromatic heterocycles. The molecule has 1 aliphatic heterocycles. The van der Waals surface area contributed by atoms with Gasteiger partial charge in [-0.15, -0.1) is 0 Å². The molecule has 7 nitrogen and oxygen atoms in total. The van der Waals surface area contributed by atoms with E-state index in [1.165, 1.54) is 0 Å². The molecule has 0 unspecified atom stereocenters. The van der Waals surface area contributed by atoms with Crippen LogP contribution in [0.25, 0.3) is 11.1 Å². The lowest BCUT2D eigenvalue weighted by molar-refractivity contribution is -0.383. The van der Waals surface area contributed by atoms with Crippen molar-refractivity contribution in [3.63, 3.8) is 0 Å². The van der Waals surface area contributed by atoms with Gasteiger partial charge in [0.05, 0.1) is 10.6 Å². The van der Waals surface area contributed by atoms with Gasteiger partial charge in [0, 0.05) is 30.9 Å². The Morgan fingerprint density at radius 2 is 2.04 bits per heavy atom. The summed E-state index contributed by atoms with van der Waals surface area (Å²) >= 11 is 0. The van der Waals surface area contributed by atoms with E-state index in [1.807, 2.05) is 13.0 Å². The normalized spacial score (nSPS) is 15.6. The Balaban J connectivity index is 1.94. The van der Waals surface area contributed by atoms with Gasteiger partial charge in [-0.1, -0.05) is 11.2 Å². The number of nitrogens with one attached hydrogen (secondary N) is 1. The van der Waals surface area contributed by atoms with Crippen LogP contribution in [0.5, 0.6) is 0 Å². The zero-order valence-corrected chi connectivity index (χ0v) is 13.2. The summed E-state index contributed by atoms with van der Waals surface area (Å²) in [6.07, 6.45) is 1.70. The van der Waals surface area contributed by atoms with Crippen LogP contribution >= 0.6 is 0 Å². The van der Waals surface area contributed by atoms with Crippen LogP contribution in [0.4, 0.5) is 11.4 Å². The minimum atomic E-state index is -0.358. The number of nitro benzene ring substituents is 1. The molecule has 0 aliphatic carbocycles. The zero-order valence-electron chi connectivity index (χ0n) is 13.2. The minimum Gasteiger partial charge on any atom is -0.381 e. The summed E-state index contributed by atoms with van der Waals surface area (Å²) in [4.78, 5) is 11.1. The number of nitro groups is 1. The average molecular weight is 317 g/mol. The number of anilines is 1. The highest BCUT2D eigenvalue weighted by Gasteiger charge is 2.22. The number of rotatable bonds is 4. The van der Waals surface area contributed by atoms with E-state index in [-0.39, 0.29) is 16.7 Å². The third-order valence-corrected chi connectivity index (χ3v) is 4.10. The van der Waals surface area contributed by atoms with Crippen molar-refractivity contribution in [3.8, 4) is 11.1 Å². The molecule has 0 spiro atoms. The number of benzene rings is 1. The van der Waals surface area contributed by atoms with Crippen molar-refractivity contribution >= 4 is 11.4 Å². The Kier molecular flexibility index (Phi) is 4.29. The standard InChI is InChI=1S/C16H19N3O4/c1-10-16(11(2)23-18-10)12-3-4-14(15(9-12)19(20)21)17-13-5-7-22-8-6-13/h3-4,9,13,17H,5-8H2,1-2H3. The van der Waals surface area contributed by atoms with Crippen molar-refractivity contribution in [2.75, 3.05) is 18.5 Å². The van der Waals surface area contributed by atoms with Crippen LogP contribution < -0.4 is 5.32 Å². The van der Waals surface area contributed by atoms with Gasteiger partial charge >= 0.3 is 0 Å². The Morgan fingerprint density at radius 1 is 1.30 bits per heavy atom. The fourth-order valence-corrected chi connectivity index (χ4v) is 2.92. The first-order valence-corrected chi connectivity index (χ1v) is 7.62. The molecule has 0 amide bonds. The van der Waals surface area contributed by atoms with Crippen molar-refractivity contribution < 1.29 is 14.2 Å². The monoisotopic (exact) mass is 317 g/mol. The molecule has 0 radical (unpaired) electrons. The topological polar surface area (TPSA) is 90.4 Å². The minimum absolute atomic E-state index is 0.0639. The number of aryl methyl sites for hydroxylation is 2. The van der Waals surface area contributed by atoms with Crippen LogP contribution in [0.1, 0.15) is 24.3 Å². The Hall–Kier alpha value is -2.41. The third kappa shape index (κ3) is 3.19. The Labute approximate surface area is 133 Å². The molecule has 7 heteroatoms. The van der Waals surface area contributed by atoms with Gasteiger partial charge < -0.3 is 14.6 Å². The summed E-state index contributed by atoms with van der Waals surface area (Å²) in [7, 11) is 0. The summed E-state index contributed by atoms with van der Waals surface area (Å²) in [5.74, 6) is 0.655. The van der Waals surface area contributed by atoms with Crippen LogP contribution in [0, 0.1) is 24.0 Å². The maximum atomic E-state index is 11.5.